The van der Waals surface area contributed by atoms with E-state index >= 15 is 0 Å². The Labute approximate surface area is 105 Å². The van der Waals surface area contributed by atoms with E-state index in [0.29, 0.717) is 30.5 Å². The summed E-state index contributed by atoms with van der Waals surface area (Å²) in [6.45, 7) is 2.09. The summed E-state index contributed by atoms with van der Waals surface area (Å²) >= 11 is 0. The summed E-state index contributed by atoms with van der Waals surface area (Å²) in [4.78, 5) is 22.0. The van der Waals surface area contributed by atoms with Gasteiger partial charge in [-0.2, -0.15) is 0 Å². The molecule has 5 heteroatoms. The monoisotopic (exact) mass is 253 g/mol. The van der Waals surface area contributed by atoms with Gasteiger partial charge in [-0.25, -0.2) is 4.39 Å². The Balaban J connectivity index is 2.39. The van der Waals surface area contributed by atoms with Crippen LogP contribution >= 0.6 is 0 Å². The molecular formula is C13H16FNO3. The van der Waals surface area contributed by atoms with E-state index in [2.05, 4.69) is 5.32 Å². The van der Waals surface area contributed by atoms with Crippen molar-refractivity contribution in [2.75, 3.05) is 6.54 Å². The topological polar surface area (TPSA) is 66.4 Å². The smallest absolute Gasteiger partial charge is 0.303 e. The second-order valence-corrected chi connectivity index (χ2v) is 4.07. The van der Waals surface area contributed by atoms with Crippen molar-refractivity contribution < 1.29 is 19.1 Å². The number of rotatable bonds is 6. The van der Waals surface area contributed by atoms with Gasteiger partial charge in [-0.15, -0.1) is 0 Å². The molecule has 0 fully saturated rings. The number of carboxylic acid groups (broad SMARTS) is 1. The van der Waals surface area contributed by atoms with Crippen LogP contribution in [0.4, 0.5) is 4.39 Å². The summed E-state index contributed by atoms with van der Waals surface area (Å²) < 4.78 is 12.9. The van der Waals surface area contributed by atoms with Gasteiger partial charge in [0.05, 0.1) is 0 Å². The summed E-state index contributed by atoms with van der Waals surface area (Å²) in [5.41, 5.74) is 1.02. The Hall–Kier alpha value is -1.91. The van der Waals surface area contributed by atoms with Crippen LogP contribution in [0.25, 0.3) is 0 Å². The summed E-state index contributed by atoms with van der Waals surface area (Å²) in [6.07, 6.45) is 1.24. The normalized spacial score (nSPS) is 10.1. The lowest BCUT2D eigenvalue weighted by Gasteiger charge is -2.07. The zero-order valence-electron chi connectivity index (χ0n) is 10.2. The van der Waals surface area contributed by atoms with Gasteiger partial charge in [0.25, 0.3) is 5.91 Å². The van der Waals surface area contributed by atoms with Gasteiger partial charge >= 0.3 is 5.97 Å². The van der Waals surface area contributed by atoms with Crippen LogP contribution in [0.3, 0.4) is 0 Å². The van der Waals surface area contributed by atoms with Gasteiger partial charge < -0.3 is 10.4 Å². The Morgan fingerprint density at radius 3 is 2.67 bits per heavy atom. The number of amides is 1. The minimum atomic E-state index is -0.837. The first-order valence-electron chi connectivity index (χ1n) is 5.77. The molecule has 1 aromatic rings. The number of carbonyl (C=O) groups excluding carboxylic acids is 1. The van der Waals surface area contributed by atoms with Crippen LogP contribution in [0.5, 0.6) is 0 Å². The second kappa shape index (κ2) is 6.74. The van der Waals surface area contributed by atoms with Gasteiger partial charge in [0.1, 0.15) is 5.82 Å². The molecule has 2 N–H and O–H groups in total. The highest BCUT2D eigenvalue weighted by Crippen LogP contribution is 2.09. The third-order valence-electron chi connectivity index (χ3n) is 2.54. The van der Waals surface area contributed by atoms with E-state index in [-0.39, 0.29) is 18.1 Å². The lowest BCUT2D eigenvalue weighted by molar-refractivity contribution is -0.137. The van der Waals surface area contributed by atoms with Crippen molar-refractivity contribution in [1.29, 1.82) is 0 Å². The molecule has 0 bridgehead atoms. The van der Waals surface area contributed by atoms with E-state index in [1.165, 1.54) is 18.2 Å². The molecular weight excluding hydrogens is 237 g/mol. The van der Waals surface area contributed by atoms with E-state index in [0.717, 1.165) is 0 Å². The molecule has 1 aromatic carbocycles. The van der Waals surface area contributed by atoms with E-state index in [1.54, 1.807) is 6.92 Å². The molecule has 1 rings (SSSR count). The molecule has 0 aliphatic rings. The van der Waals surface area contributed by atoms with Crippen molar-refractivity contribution >= 4 is 11.9 Å². The van der Waals surface area contributed by atoms with Crippen molar-refractivity contribution in [2.45, 2.75) is 26.2 Å². The summed E-state index contributed by atoms with van der Waals surface area (Å²) in [5, 5.41) is 11.1. The van der Waals surface area contributed by atoms with E-state index in [1.807, 2.05) is 0 Å². The first-order valence-corrected chi connectivity index (χ1v) is 5.77. The summed E-state index contributed by atoms with van der Waals surface area (Å²) in [5.74, 6) is -1.47. The number of aryl methyl sites for hydroxylation is 1. The highest BCUT2D eigenvalue weighted by Gasteiger charge is 2.08. The highest BCUT2D eigenvalue weighted by molar-refractivity contribution is 5.95. The first kappa shape index (κ1) is 14.2. The van der Waals surface area contributed by atoms with Gasteiger partial charge in [-0.05, 0) is 43.5 Å². The fourth-order valence-electron chi connectivity index (χ4n) is 1.58. The molecule has 0 aliphatic carbocycles. The molecule has 0 spiro atoms. The minimum absolute atomic E-state index is 0.103. The Bertz CT molecular complexity index is 446. The quantitative estimate of drug-likeness (QED) is 0.763. The molecule has 0 saturated heterocycles. The largest absolute Gasteiger partial charge is 0.481 e. The number of hydrogen-bond acceptors (Lipinski definition) is 2. The number of carboxylic acids is 1. The average Bonchev–Trinajstić information content (AvgIpc) is 2.27. The summed E-state index contributed by atoms with van der Waals surface area (Å²) in [6, 6.07) is 3.99. The molecule has 0 heterocycles. The van der Waals surface area contributed by atoms with Crippen LogP contribution in [0.1, 0.15) is 35.2 Å². The number of benzene rings is 1. The number of carbonyl (C=O) groups is 2. The number of halogens is 1. The Morgan fingerprint density at radius 2 is 2.06 bits per heavy atom. The number of unbranched alkanes of at least 4 members (excludes halogenated alkanes) is 1. The predicted molar refractivity (Wildman–Crippen MR) is 65.0 cm³/mol. The number of hydrogen-bond donors (Lipinski definition) is 2. The van der Waals surface area contributed by atoms with Crippen LogP contribution in [0.2, 0.25) is 0 Å². The Kier molecular flexibility index (Phi) is 5.30. The second-order valence-electron chi connectivity index (χ2n) is 4.07. The maximum absolute atomic E-state index is 12.9. The van der Waals surface area contributed by atoms with Crippen molar-refractivity contribution in [3.8, 4) is 0 Å². The zero-order chi connectivity index (χ0) is 13.5. The summed E-state index contributed by atoms with van der Waals surface area (Å²) in [7, 11) is 0. The molecule has 98 valence electrons. The highest BCUT2D eigenvalue weighted by atomic mass is 19.1. The molecule has 0 atom stereocenters. The lowest BCUT2D eigenvalue weighted by Crippen LogP contribution is -2.25. The van der Waals surface area contributed by atoms with Crippen LogP contribution in [-0.4, -0.2) is 23.5 Å². The van der Waals surface area contributed by atoms with Crippen LogP contribution in [0, 0.1) is 12.7 Å². The van der Waals surface area contributed by atoms with Gasteiger partial charge in [0.15, 0.2) is 0 Å². The van der Waals surface area contributed by atoms with Gasteiger partial charge in [0, 0.05) is 18.5 Å². The van der Waals surface area contributed by atoms with Crippen LogP contribution in [0.15, 0.2) is 18.2 Å². The number of aliphatic carboxylic acids is 1. The van der Waals surface area contributed by atoms with Crippen molar-refractivity contribution in [2.24, 2.45) is 0 Å². The minimum Gasteiger partial charge on any atom is -0.481 e. The third-order valence-corrected chi connectivity index (χ3v) is 2.54. The number of nitrogens with one attached hydrogen (secondary N) is 1. The molecule has 0 saturated carbocycles. The van der Waals surface area contributed by atoms with E-state index < -0.39 is 5.97 Å². The molecule has 18 heavy (non-hydrogen) atoms. The average molecular weight is 253 g/mol. The maximum atomic E-state index is 12.9. The molecule has 0 aromatic heterocycles. The molecule has 4 nitrogen and oxygen atoms in total. The van der Waals surface area contributed by atoms with Gasteiger partial charge in [-0.1, -0.05) is 0 Å². The third kappa shape index (κ3) is 4.53. The van der Waals surface area contributed by atoms with Crippen LogP contribution < -0.4 is 5.32 Å². The molecule has 0 unspecified atom stereocenters. The fraction of sp³-hybridized carbons (Fsp3) is 0.385. The van der Waals surface area contributed by atoms with Gasteiger partial charge in [0.2, 0.25) is 0 Å². The van der Waals surface area contributed by atoms with Crippen molar-refractivity contribution in [3.63, 3.8) is 0 Å². The van der Waals surface area contributed by atoms with Crippen molar-refractivity contribution in [1.82, 2.24) is 5.32 Å². The van der Waals surface area contributed by atoms with Crippen molar-refractivity contribution in [3.05, 3.63) is 35.1 Å². The first-order chi connectivity index (χ1) is 8.50. The van der Waals surface area contributed by atoms with Crippen LogP contribution in [-0.2, 0) is 4.79 Å². The molecule has 1 amide bonds. The SMILES string of the molecule is Cc1cc(F)ccc1C(=O)NCCCCC(=O)O. The van der Waals surface area contributed by atoms with Gasteiger partial charge in [-0.3, -0.25) is 9.59 Å². The zero-order valence-corrected chi connectivity index (χ0v) is 10.2. The molecule has 0 radical (unpaired) electrons. The maximum Gasteiger partial charge on any atom is 0.303 e. The molecule has 0 aliphatic heterocycles. The Morgan fingerprint density at radius 1 is 1.33 bits per heavy atom. The van der Waals surface area contributed by atoms with E-state index in [4.69, 9.17) is 5.11 Å². The predicted octanol–water partition coefficient (Wildman–Crippen LogP) is 2.12. The fourth-order valence-corrected chi connectivity index (χ4v) is 1.58. The van der Waals surface area contributed by atoms with E-state index in [9.17, 15) is 14.0 Å². The standard InChI is InChI=1S/C13H16FNO3/c1-9-8-10(14)5-6-11(9)13(18)15-7-3-2-4-12(16)17/h5-6,8H,2-4,7H2,1H3,(H,15,18)(H,16,17). The lowest BCUT2D eigenvalue weighted by atomic mass is 10.1.